The topological polar surface area (TPSA) is 94.2 Å². The molecule has 1 aliphatic rings. The van der Waals surface area contributed by atoms with E-state index in [4.69, 9.17) is 14.2 Å². The van der Waals surface area contributed by atoms with Gasteiger partial charge in [0.2, 0.25) is 15.9 Å². The zero-order valence-corrected chi connectivity index (χ0v) is 18.8. The highest BCUT2D eigenvalue weighted by Gasteiger charge is 2.33. The number of hydrogen-bond donors (Lipinski definition) is 1. The van der Waals surface area contributed by atoms with Crippen molar-refractivity contribution in [2.24, 2.45) is 5.92 Å². The number of amides is 1. The normalized spacial score (nSPS) is 17.1. The van der Waals surface area contributed by atoms with Gasteiger partial charge in [-0.25, -0.2) is 8.42 Å². The van der Waals surface area contributed by atoms with E-state index in [-0.39, 0.29) is 23.9 Å². The zero-order valence-electron chi connectivity index (χ0n) is 18.0. The summed E-state index contributed by atoms with van der Waals surface area (Å²) >= 11 is 0. The van der Waals surface area contributed by atoms with Gasteiger partial charge in [0.05, 0.1) is 32.1 Å². The second-order valence-corrected chi connectivity index (χ2v) is 9.19. The highest BCUT2D eigenvalue weighted by Crippen LogP contribution is 2.31. The molecule has 168 valence electrons. The van der Waals surface area contributed by atoms with E-state index in [1.807, 2.05) is 12.1 Å². The molecule has 0 radical (unpaired) electrons. The Morgan fingerprint density at radius 1 is 1.06 bits per heavy atom. The molecule has 1 heterocycles. The molecule has 1 aliphatic heterocycles. The highest BCUT2D eigenvalue weighted by atomic mass is 32.2. The molecular formula is C22H28N2O6S. The maximum atomic E-state index is 13.0. The second kappa shape index (κ2) is 10.0. The summed E-state index contributed by atoms with van der Waals surface area (Å²) < 4.78 is 43.2. The van der Waals surface area contributed by atoms with Gasteiger partial charge in [0, 0.05) is 25.2 Å². The van der Waals surface area contributed by atoms with Crippen molar-refractivity contribution >= 4 is 15.9 Å². The van der Waals surface area contributed by atoms with Crippen LogP contribution in [0.4, 0.5) is 0 Å². The first kappa shape index (κ1) is 22.9. The third-order valence-electron chi connectivity index (χ3n) is 5.39. The lowest BCUT2D eigenvalue weighted by Gasteiger charge is -2.31. The largest absolute Gasteiger partial charge is 0.497 e. The van der Waals surface area contributed by atoms with Crippen molar-refractivity contribution in [3.05, 3.63) is 48.0 Å². The Labute approximate surface area is 183 Å². The Morgan fingerprint density at radius 3 is 2.45 bits per heavy atom. The minimum atomic E-state index is -3.68. The van der Waals surface area contributed by atoms with E-state index in [9.17, 15) is 13.2 Å². The fourth-order valence-electron chi connectivity index (χ4n) is 3.69. The molecule has 0 aromatic heterocycles. The average molecular weight is 449 g/mol. The van der Waals surface area contributed by atoms with Crippen molar-refractivity contribution < 1.29 is 27.4 Å². The summed E-state index contributed by atoms with van der Waals surface area (Å²) in [6.07, 6.45) is 1.26. The number of carbonyl (C=O) groups excluding carboxylic acids is 1. The van der Waals surface area contributed by atoms with Crippen LogP contribution in [0, 0.1) is 5.92 Å². The van der Waals surface area contributed by atoms with E-state index in [0.717, 1.165) is 5.56 Å². The molecule has 2 aromatic carbocycles. The van der Waals surface area contributed by atoms with Crippen molar-refractivity contribution in [3.63, 3.8) is 0 Å². The summed E-state index contributed by atoms with van der Waals surface area (Å²) in [6.45, 7) is 0.804. The maximum absolute atomic E-state index is 13.0. The van der Waals surface area contributed by atoms with Crippen LogP contribution in [0.2, 0.25) is 0 Å². The smallest absolute Gasteiger partial charge is 0.243 e. The summed E-state index contributed by atoms with van der Waals surface area (Å²) in [7, 11) is 0.951. The van der Waals surface area contributed by atoms with Crippen molar-refractivity contribution in [2.75, 3.05) is 34.4 Å². The summed E-state index contributed by atoms with van der Waals surface area (Å²) in [5.74, 6) is 1.14. The maximum Gasteiger partial charge on any atom is 0.243 e. The van der Waals surface area contributed by atoms with Gasteiger partial charge in [-0.3, -0.25) is 4.79 Å². The zero-order chi connectivity index (χ0) is 22.4. The van der Waals surface area contributed by atoms with Crippen molar-refractivity contribution in [2.45, 2.75) is 24.3 Å². The van der Waals surface area contributed by atoms with Crippen molar-refractivity contribution in [3.8, 4) is 17.2 Å². The number of methoxy groups -OCH3 is 3. The summed E-state index contributed by atoms with van der Waals surface area (Å²) in [6, 6.07) is 11.7. The number of ether oxygens (including phenoxy) is 3. The lowest BCUT2D eigenvalue weighted by atomic mass is 9.98. The molecule has 1 saturated heterocycles. The molecule has 0 aliphatic carbocycles. The van der Waals surface area contributed by atoms with Crippen LogP contribution in [0.1, 0.15) is 18.4 Å². The molecule has 0 spiro atoms. The predicted octanol–water partition coefficient (Wildman–Crippen LogP) is 2.43. The molecule has 1 amide bonds. The monoisotopic (exact) mass is 448 g/mol. The van der Waals surface area contributed by atoms with E-state index in [0.29, 0.717) is 36.6 Å². The quantitative estimate of drug-likeness (QED) is 0.667. The van der Waals surface area contributed by atoms with Crippen LogP contribution in [0.15, 0.2) is 47.4 Å². The van der Waals surface area contributed by atoms with Gasteiger partial charge in [0.1, 0.15) is 5.75 Å². The number of rotatable bonds is 8. The highest BCUT2D eigenvalue weighted by molar-refractivity contribution is 7.89. The van der Waals surface area contributed by atoms with Crippen molar-refractivity contribution in [1.29, 1.82) is 0 Å². The van der Waals surface area contributed by atoms with Gasteiger partial charge in [-0.05, 0) is 43.2 Å². The van der Waals surface area contributed by atoms with Gasteiger partial charge in [-0.15, -0.1) is 0 Å². The minimum Gasteiger partial charge on any atom is -0.497 e. The molecule has 1 unspecified atom stereocenters. The van der Waals surface area contributed by atoms with E-state index in [1.54, 1.807) is 32.4 Å². The van der Waals surface area contributed by atoms with Gasteiger partial charge < -0.3 is 19.5 Å². The Morgan fingerprint density at radius 2 is 1.81 bits per heavy atom. The first-order valence-corrected chi connectivity index (χ1v) is 11.5. The third kappa shape index (κ3) is 5.11. The molecule has 1 fully saturated rings. The lowest BCUT2D eigenvalue weighted by Crippen LogP contribution is -2.45. The number of piperidine rings is 1. The van der Waals surface area contributed by atoms with Crippen LogP contribution in [0.5, 0.6) is 17.2 Å². The molecule has 1 atom stereocenters. The molecule has 8 nitrogen and oxygen atoms in total. The number of sulfonamides is 1. The van der Waals surface area contributed by atoms with Crippen LogP contribution < -0.4 is 19.5 Å². The fraction of sp³-hybridized carbons (Fsp3) is 0.409. The summed E-state index contributed by atoms with van der Waals surface area (Å²) in [4.78, 5) is 13.0. The molecule has 1 N–H and O–H groups in total. The molecule has 9 heteroatoms. The van der Waals surface area contributed by atoms with E-state index in [2.05, 4.69) is 5.32 Å². The van der Waals surface area contributed by atoms with Crippen LogP contribution in [-0.2, 0) is 21.4 Å². The minimum absolute atomic E-state index is 0.148. The predicted molar refractivity (Wildman–Crippen MR) is 116 cm³/mol. The van der Waals surface area contributed by atoms with Gasteiger partial charge in [-0.1, -0.05) is 12.1 Å². The second-order valence-electron chi connectivity index (χ2n) is 7.25. The van der Waals surface area contributed by atoms with Gasteiger partial charge in [-0.2, -0.15) is 4.31 Å². The Balaban J connectivity index is 1.67. The summed E-state index contributed by atoms with van der Waals surface area (Å²) in [5, 5.41) is 2.91. The first-order chi connectivity index (χ1) is 14.9. The van der Waals surface area contributed by atoms with Gasteiger partial charge >= 0.3 is 0 Å². The van der Waals surface area contributed by atoms with E-state index >= 15 is 0 Å². The number of nitrogens with zero attached hydrogens (tertiary/aromatic N) is 1. The number of para-hydroxylation sites is 1. The number of nitrogens with one attached hydrogen (secondary N) is 1. The van der Waals surface area contributed by atoms with Crippen molar-refractivity contribution in [1.82, 2.24) is 9.62 Å². The molecule has 2 aromatic rings. The van der Waals surface area contributed by atoms with E-state index < -0.39 is 15.9 Å². The van der Waals surface area contributed by atoms with Crippen LogP contribution in [0.25, 0.3) is 0 Å². The van der Waals surface area contributed by atoms with E-state index in [1.165, 1.54) is 23.5 Å². The Kier molecular flexibility index (Phi) is 7.40. The van der Waals surface area contributed by atoms with Gasteiger partial charge in [0.25, 0.3) is 0 Å². The van der Waals surface area contributed by atoms with Gasteiger partial charge in [0.15, 0.2) is 11.5 Å². The fourth-order valence-corrected chi connectivity index (χ4v) is 5.21. The number of hydrogen-bond acceptors (Lipinski definition) is 6. The SMILES string of the molecule is COc1ccc(S(=O)(=O)N2CCCC(C(=O)NCc3cccc(OC)c3OC)C2)cc1. The molecular weight excluding hydrogens is 420 g/mol. The van der Waals surface area contributed by atoms with Crippen LogP contribution in [0.3, 0.4) is 0 Å². The van der Waals surface area contributed by atoms with Crippen LogP contribution in [-0.4, -0.2) is 53.0 Å². The third-order valence-corrected chi connectivity index (χ3v) is 7.27. The first-order valence-electron chi connectivity index (χ1n) is 10.0. The Hall–Kier alpha value is -2.78. The number of carbonyl (C=O) groups is 1. The van der Waals surface area contributed by atoms with Crippen LogP contribution >= 0.6 is 0 Å². The standard InChI is InChI=1S/C22H28N2O6S/c1-28-18-9-11-19(12-10-18)31(26,27)24-13-5-7-17(15-24)22(25)23-14-16-6-4-8-20(29-2)21(16)30-3/h4,6,8-12,17H,5,7,13-15H2,1-3H3,(H,23,25). The summed E-state index contributed by atoms with van der Waals surface area (Å²) in [5.41, 5.74) is 0.786. The Bertz CT molecular complexity index is 1010. The number of benzene rings is 2. The molecule has 0 saturated carbocycles. The lowest BCUT2D eigenvalue weighted by molar-refractivity contribution is -0.126. The molecule has 0 bridgehead atoms. The average Bonchev–Trinajstić information content (AvgIpc) is 2.82. The molecule has 31 heavy (non-hydrogen) atoms. The molecule has 3 rings (SSSR count).